The Morgan fingerprint density at radius 1 is 1.23 bits per heavy atom. The molecule has 162 valence electrons. The van der Waals surface area contributed by atoms with Crippen molar-refractivity contribution in [2.75, 3.05) is 6.61 Å². The first-order chi connectivity index (χ1) is 14.1. The van der Waals surface area contributed by atoms with Gasteiger partial charge in [0.25, 0.3) is 0 Å². The maximum Gasteiger partial charge on any atom is 0.411 e. The highest BCUT2D eigenvalue weighted by Crippen LogP contribution is 2.54. The number of carbonyl (C=O) groups is 1. The second kappa shape index (κ2) is 8.85. The van der Waals surface area contributed by atoms with Crippen LogP contribution in [-0.4, -0.2) is 18.6 Å². The number of hydrogen-bond acceptors (Lipinski definition) is 4. The van der Waals surface area contributed by atoms with Gasteiger partial charge in [-0.2, -0.15) is 13.2 Å². The van der Waals surface area contributed by atoms with E-state index < -0.39 is 31.9 Å². The van der Waals surface area contributed by atoms with Crippen LogP contribution in [0.15, 0.2) is 40.9 Å². The molecule has 2 atom stereocenters. The smallest absolute Gasteiger partial charge is 0.411 e. The number of aryl methyl sites for hydroxylation is 1. The van der Waals surface area contributed by atoms with Crippen molar-refractivity contribution in [3.63, 3.8) is 0 Å². The van der Waals surface area contributed by atoms with E-state index in [0.717, 1.165) is 10.9 Å². The lowest BCUT2D eigenvalue weighted by atomic mass is 10.00. The summed E-state index contributed by atoms with van der Waals surface area (Å²) in [4.78, 5) is 12.2. The van der Waals surface area contributed by atoms with E-state index in [1.165, 1.54) is 18.2 Å². The Balaban J connectivity index is 2.08. The predicted octanol–water partition coefficient (Wildman–Crippen LogP) is 6.70. The van der Waals surface area contributed by atoms with Gasteiger partial charge in [-0.3, -0.25) is 9.32 Å². The third-order valence-corrected chi connectivity index (χ3v) is 7.48. The second-order valence-corrected chi connectivity index (χ2v) is 9.98. The monoisotopic (exact) mass is 504 g/mol. The van der Waals surface area contributed by atoms with Crippen molar-refractivity contribution in [3.8, 4) is 5.75 Å². The number of unbranched alkanes of at least 4 members (excludes halogenated alkanes) is 1. The maximum atomic E-state index is 13.8. The number of ketones is 1. The van der Waals surface area contributed by atoms with Crippen molar-refractivity contribution in [2.45, 2.75) is 45.2 Å². The molecule has 0 amide bonds. The van der Waals surface area contributed by atoms with Gasteiger partial charge in [0.1, 0.15) is 5.75 Å². The van der Waals surface area contributed by atoms with Gasteiger partial charge in [-0.1, -0.05) is 41.4 Å². The molecule has 0 bridgehead atoms. The van der Waals surface area contributed by atoms with Crippen molar-refractivity contribution >= 4 is 34.6 Å². The quantitative estimate of drug-likeness (QED) is 0.310. The third kappa shape index (κ3) is 4.66. The van der Waals surface area contributed by atoms with Crippen molar-refractivity contribution in [1.82, 2.24) is 0 Å². The minimum absolute atomic E-state index is 0.0533. The van der Waals surface area contributed by atoms with E-state index in [1.54, 1.807) is 25.1 Å². The van der Waals surface area contributed by atoms with Crippen LogP contribution in [0.2, 0.25) is 0 Å². The van der Waals surface area contributed by atoms with Crippen LogP contribution in [0.25, 0.3) is 0 Å². The van der Waals surface area contributed by atoms with Crippen molar-refractivity contribution in [3.05, 3.63) is 57.6 Å². The van der Waals surface area contributed by atoms with Gasteiger partial charge < -0.3 is 4.52 Å². The minimum Gasteiger partial charge on any atom is -0.421 e. The SMILES string of the molecule is CCCCOP(=O)(Oc1cccc2c1C(C(F)(F)F)CC2=O)c1ccc(Br)cc1C. The standard InChI is InChI=1S/C21H21BrF3O4P/c1-3-4-10-28-30(27,19-9-8-14(22)11-13(19)2)29-18-7-5-6-15-17(26)12-16(20(15)18)21(23,24)25/h5-9,11,16H,3-4,10,12H2,1-2H3. The normalized spacial score (nSPS) is 18.2. The minimum atomic E-state index is -4.62. The van der Waals surface area contributed by atoms with Crippen LogP contribution in [0.1, 0.15) is 53.6 Å². The molecule has 0 radical (unpaired) electrons. The van der Waals surface area contributed by atoms with E-state index in [1.807, 2.05) is 6.92 Å². The number of rotatable bonds is 7. The summed E-state index contributed by atoms with van der Waals surface area (Å²) in [5, 5.41) is 0.271. The summed E-state index contributed by atoms with van der Waals surface area (Å²) >= 11 is 3.34. The maximum absolute atomic E-state index is 13.8. The Morgan fingerprint density at radius 3 is 2.60 bits per heavy atom. The topological polar surface area (TPSA) is 52.6 Å². The summed E-state index contributed by atoms with van der Waals surface area (Å²) in [6.45, 7) is 3.78. The number of Topliss-reactive ketones (excluding diaryl/α,β-unsaturated/α-hetero) is 1. The Labute approximate surface area is 181 Å². The summed E-state index contributed by atoms with van der Waals surface area (Å²) in [6.07, 6.45) is -3.91. The summed E-state index contributed by atoms with van der Waals surface area (Å²) in [6, 6.07) is 9.03. The zero-order valence-corrected chi connectivity index (χ0v) is 18.9. The fourth-order valence-electron chi connectivity index (χ4n) is 3.43. The van der Waals surface area contributed by atoms with E-state index >= 15 is 0 Å². The molecule has 0 saturated heterocycles. The molecule has 0 saturated carbocycles. The summed E-state index contributed by atoms with van der Waals surface area (Å²) < 4.78 is 66.7. The number of fused-ring (bicyclic) bond motifs is 1. The molecular formula is C21H21BrF3O4P. The fraction of sp³-hybridized carbons (Fsp3) is 0.381. The van der Waals surface area contributed by atoms with Crippen molar-refractivity contribution in [1.29, 1.82) is 0 Å². The van der Waals surface area contributed by atoms with Crippen LogP contribution in [0.5, 0.6) is 5.75 Å². The van der Waals surface area contributed by atoms with E-state index in [-0.39, 0.29) is 28.8 Å². The molecule has 2 aromatic rings. The molecule has 2 aromatic carbocycles. The van der Waals surface area contributed by atoms with Gasteiger partial charge in [-0.25, -0.2) is 4.57 Å². The van der Waals surface area contributed by atoms with E-state index in [0.29, 0.717) is 12.0 Å². The molecule has 0 fully saturated rings. The van der Waals surface area contributed by atoms with Crippen LogP contribution in [0, 0.1) is 6.92 Å². The highest BCUT2D eigenvalue weighted by atomic mass is 79.9. The van der Waals surface area contributed by atoms with E-state index in [4.69, 9.17) is 9.05 Å². The first-order valence-corrected chi connectivity index (χ1v) is 11.8. The van der Waals surface area contributed by atoms with Gasteiger partial charge >= 0.3 is 13.8 Å². The molecule has 0 aliphatic heterocycles. The molecule has 3 rings (SSSR count). The summed E-state index contributed by atoms with van der Waals surface area (Å²) in [5.41, 5.74) is 0.284. The van der Waals surface area contributed by atoms with Gasteiger partial charge in [0.2, 0.25) is 0 Å². The van der Waals surface area contributed by atoms with Crippen molar-refractivity contribution < 1.29 is 31.6 Å². The molecule has 0 heterocycles. The van der Waals surface area contributed by atoms with Crippen LogP contribution in [0.3, 0.4) is 0 Å². The van der Waals surface area contributed by atoms with Gasteiger partial charge in [0, 0.05) is 22.0 Å². The average molecular weight is 505 g/mol. The largest absolute Gasteiger partial charge is 0.421 e. The first kappa shape index (κ1) is 23.0. The first-order valence-electron chi connectivity index (χ1n) is 9.50. The number of halogens is 4. The molecule has 0 spiro atoms. The number of carbonyl (C=O) groups excluding carboxylic acids is 1. The van der Waals surface area contributed by atoms with Gasteiger partial charge in [-0.05, 0) is 43.2 Å². The molecule has 1 aliphatic rings. The molecule has 0 aromatic heterocycles. The van der Waals surface area contributed by atoms with Gasteiger partial charge in [-0.15, -0.1) is 0 Å². The third-order valence-electron chi connectivity index (χ3n) is 4.93. The van der Waals surface area contributed by atoms with Crippen LogP contribution in [-0.2, 0) is 9.09 Å². The van der Waals surface area contributed by atoms with E-state index in [2.05, 4.69) is 15.9 Å². The van der Waals surface area contributed by atoms with Crippen LogP contribution in [0.4, 0.5) is 13.2 Å². The highest BCUT2D eigenvalue weighted by Gasteiger charge is 2.49. The van der Waals surface area contributed by atoms with Gasteiger partial charge in [0.05, 0.1) is 17.8 Å². The molecule has 0 N–H and O–H groups in total. The predicted molar refractivity (Wildman–Crippen MR) is 112 cm³/mol. The second-order valence-electron chi connectivity index (χ2n) is 7.15. The summed E-state index contributed by atoms with van der Waals surface area (Å²) in [5.74, 6) is -2.84. The van der Waals surface area contributed by atoms with Crippen LogP contribution >= 0.6 is 23.5 Å². The lowest BCUT2D eigenvalue weighted by Crippen LogP contribution is -2.20. The molecule has 30 heavy (non-hydrogen) atoms. The molecule has 2 unspecified atom stereocenters. The fourth-order valence-corrected chi connectivity index (χ4v) is 5.74. The lowest BCUT2D eigenvalue weighted by Gasteiger charge is -2.24. The Hall–Kier alpha value is -1.63. The summed E-state index contributed by atoms with van der Waals surface area (Å²) in [7, 11) is -4.01. The number of benzene rings is 2. The van der Waals surface area contributed by atoms with Gasteiger partial charge in [0.15, 0.2) is 5.78 Å². The Morgan fingerprint density at radius 2 is 1.97 bits per heavy atom. The average Bonchev–Trinajstić information content (AvgIpc) is 3.00. The lowest BCUT2D eigenvalue weighted by molar-refractivity contribution is -0.148. The van der Waals surface area contributed by atoms with Crippen molar-refractivity contribution in [2.24, 2.45) is 0 Å². The highest BCUT2D eigenvalue weighted by molar-refractivity contribution is 9.10. The Kier molecular flexibility index (Phi) is 6.80. The molecule has 1 aliphatic carbocycles. The zero-order chi connectivity index (χ0) is 22.1. The number of alkyl halides is 3. The molecule has 9 heteroatoms. The molecule has 4 nitrogen and oxygen atoms in total. The zero-order valence-electron chi connectivity index (χ0n) is 16.5. The Bertz CT molecular complexity index is 1010. The van der Waals surface area contributed by atoms with Crippen LogP contribution < -0.4 is 9.83 Å². The number of hydrogen-bond donors (Lipinski definition) is 0. The van der Waals surface area contributed by atoms with E-state index in [9.17, 15) is 22.5 Å². The molecular weight excluding hydrogens is 484 g/mol.